The van der Waals surface area contributed by atoms with Gasteiger partial charge in [-0.05, 0) is 56.5 Å². The Morgan fingerprint density at radius 3 is 2.55 bits per heavy atom. The summed E-state index contributed by atoms with van der Waals surface area (Å²) in [5.41, 5.74) is 4.15. The molecule has 4 rings (SSSR count). The van der Waals surface area contributed by atoms with Gasteiger partial charge in [0, 0.05) is 36.5 Å². The van der Waals surface area contributed by atoms with Crippen LogP contribution in [-0.4, -0.2) is 39.5 Å². The van der Waals surface area contributed by atoms with Gasteiger partial charge in [-0.3, -0.25) is 4.90 Å². The first-order valence-corrected chi connectivity index (χ1v) is 9.98. The first-order valence-electron chi connectivity index (χ1n) is 9.98. The molecule has 6 heteroatoms. The smallest absolute Gasteiger partial charge is 0.151 e. The Morgan fingerprint density at radius 2 is 1.86 bits per heavy atom. The van der Waals surface area contributed by atoms with E-state index < -0.39 is 11.6 Å². The van der Waals surface area contributed by atoms with Crippen LogP contribution in [0.3, 0.4) is 0 Å². The highest BCUT2D eigenvalue weighted by Crippen LogP contribution is 2.29. The highest BCUT2D eigenvalue weighted by atomic mass is 19.1. The molecule has 0 saturated carbocycles. The molecule has 1 aliphatic heterocycles. The van der Waals surface area contributed by atoms with E-state index in [1.165, 1.54) is 16.8 Å². The molecule has 0 unspecified atom stereocenters. The van der Waals surface area contributed by atoms with E-state index in [1.807, 2.05) is 37.4 Å². The molecule has 4 nitrogen and oxygen atoms in total. The topological polar surface area (TPSA) is 41.3 Å². The van der Waals surface area contributed by atoms with Gasteiger partial charge in [0.15, 0.2) is 5.82 Å². The van der Waals surface area contributed by atoms with Crippen molar-refractivity contribution in [2.75, 3.05) is 19.7 Å². The molecule has 1 saturated heterocycles. The predicted molar refractivity (Wildman–Crippen MR) is 109 cm³/mol. The number of piperidine rings is 1. The van der Waals surface area contributed by atoms with E-state index in [0.717, 1.165) is 54.4 Å². The summed E-state index contributed by atoms with van der Waals surface area (Å²) in [5.74, 6) is -0.873. The van der Waals surface area contributed by atoms with Gasteiger partial charge in [0.05, 0.1) is 5.69 Å². The zero-order valence-corrected chi connectivity index (χ0v) is 16.5. The molecule has 1 aliphatic rings. The lowest BCUT2D eigenvalue weighted by molar-refractivity contribution is 0.127. The van der Waals surface area contributed by atoms with Crippen LogP contribution < -0.4 is 0 Å². The van der Waals surface area contributed by atoms with Crippen molar-refractivity contribution < 1.29 is 13.9 Å². The second-order valence-corrected chi connectivity index (χ2v) is 7.76. The van der Waals surface area contributed by atoms with E-state index in [4.69, 9.17) is 0 Å². The summed E-state index contributed by atoms with van der Waals surface area (Å²) in [5, 5.41) is 14.1. The second-order valence-electron chi connectivity index (χ2n) is 7.76. The second kappa shape index (κ2) is 8.43. The number of hydrogen-bond donors (Lipinski definition) is 1. The number of halogens is 2. The first kappa shape index (κ1) is 19.7. The van der Waals surface area contributed by atoms with Gasteiger partial charge in [-0.2, -0.15) is 5.10 Å². The van der Waals surface area contributed by atoms with Gasteiger partial charge >= 0.3 is 0 Å². The quantitative estimate of drug-likeness (QED) is 0.697. The van der Waals surface area contributed by atoms with E-state index in [2.05, 4.69) is 10.00 Å². The van der Waals surface area contributed by atoms with Crippen molar-refractivity contribution in [3.8, 4) is 16.9 Å². The van der Waals surface area contributed by atoms with Crippen LogP contribution in [0.15, 0.2) is 48.7 Å². The zero-order valence-electron chi connectivity index (χ0n) is 16.5. The summed E-state index contributed by atoms with van der Waals surface area (Å²) < 4.78 is 29.2. The van der Waals surface area contributed by atoms with Gasteiger partial charge in [-0.25, -0.2) is 13.5 Å². The van der Waals surface area contributed by atoms with Crippen molar-refractivity contribution in [2.24, 2.45) is 5.92 Å². The lowest BCUT2D eigenvalue weighted by Gasteiger charge is -2.30. The Balaban J connectivity index is 1.70. The van der Waals surface area contributed by atoms with E-state index in [1.54, 1.807) is 0 Å². The standard InChI is InChI=1S/C23H25F2N3O/c1-16-4-2-3-5-20(16)23-18(13-27-10-8-17(15-29)9-11-27)14-28(26-23)22-7-6-19(24)12-21(22)25/h2-7,12,14,17,29H,8-11,13,15H2,1H3. The fraction of sp³-hybridized carbons (Fsp3) is 0.348. The Morgan fingerprint density at radius 1 is 1.10 bits per heavy atom. The number of benzene rings is 2. The Bertz CT molecular complexity index is 994. The molecule has 0 bridgehead atoms. The SMILES string of the molecule is Cc1ccccc1-c1nn(-c2ccc(F)cc2F)cc1CN1CCC(CO)CC1. The molecule has 0 radical (unpaired) electrons. The van der Waals surface area contributed by atoms with Crippen LogP contribution in [0, 0.1) is 24.5 Å². The van der Waals surface area contributed by atoms with Gasteiger partial charge < -0.3 is 5.11 Å². The van der Waals surface area contributed by atoms with Gasteiger partial charge in [-0.15, -0.1) is 0 Å². The number of aryl methyl sites for hydroxylation is 1. The van der Waals surface area contributed by atoms with E-state index in [-0.39, 0.29) is 12.3 Å². The summed E-state index contributed by atoms with van der Waals surface area (Å²) in [6.45, 7) is 4.79. The minimum absolute atomic E-state index is 0.228. The molecule has 0 amide bonds. The maximum absolute atomic E-state index is 14.4. The molecule has 29 heavy (non-hydrogen) atoms. The van der Waals surface area contributed by atoms with E-state index >= 15 is 0 Å². The Kier molecular flexibility index (Phi) is 5.74. The van der Waals surface area contributed by atoms with Crippen LogP contribution >= 0.6 is 0 Å². The third kappa shape index (κ3) is 4.23. The normalized spacial score (nSPS) is 15.7. The highest BCUT2D eigenvalue weighted by molar-refractivity contribution is 5.66. The van der Waals surface area contributed by atoms with Crippen LogP contribution in [0.1, 0.15) is 24.0 Å². The fourth-order valence-corrected chi connectivity index (χ4v) is 3.95. The molecule has 2 aromatic carbocycles. The molecule has 0 atom stereocenters. The van der Waals surface area contributed by atoms with E-state index in [9.17, 15) is 13.9 Å². The van der Waals surface area contributed by atoms with Crippen LogP contribution in [-0.2, 0) is 6.54 Å². The predicted octanol–water partition coefficient (Wildman–Crippen LogP) is 4.33. The van der Waals surface area contributed by atoms with E-state index in [0.29, 0.717) is 12.5 Å². The molecule has 0 spiro atoms. The Labute approximate surface area is 169 Å². The van der Waals surface area contributed by atoms with Gasteiger partial charge in [0.1, 0.15) is 11.5 Å². The lowest BCUT2D eigenvalue weighted by atomic mass is 9.97. The first-order chi connectivity index (χ1) is 14.0. The number of aliphatic hydroxyl groups excluding tert-OH is 1. The maximum atomic E-state index is 14.4. The molecule has 1 fully saturated rings. The van der Waals surface area contributed by atoms with Crippen molar-refractivity contribution in [3.05, 3.63) is 71.4 Å². The molecule has 152 valence electrons. The van der Waals surface area contributed by atoms with Crippen LogP contribution in [0.5, 0.6) is 0 Å². The van der Waals surface area contributed by atoms with Gasteiger partial charge in [0.2, 0.25) is 0 Å². The Hall–Kier alpha value is -2.57. The van der Waals surface area contributed by atoms with Gasteiger partial charge in [-0.1, -0.05) is 24.3 Å². The van der Waals surface area contributed by atoms with Crippen molar-refractivity contribution >= 4 is 0 Å². The minimum Gasteiger partial charge on any atom is -0.396 e. The van der Waals surface area contributed by atoms with Crippen molar-refractivity contribution in [2.45, 2.75) is 26.3 Å². The molecule has 1 N–H and O–H groups in total. The van der Waals surface area contributed by atoms with Gasteiger partial charge in [0.25, 0.3) is 0 Å². The summed E-state index contributed by atoms with van der Waals surface area (Å²) in [7, 11) is 0. The molecule has 2 heterocycles. The summed E-state index contributed by atoms with van der Waals surface area (Å²) in [6, 6.07) is 11.5. The van der Waals surface area contributed by atoms with Crippen LogP contribution in [0.2, 0.25) is 0 Å². The van der Waals surface area contributed by atoms with Crippen molar-refractivity contribution in [3.63, 3.8) is 0 Å². The average molecular weight is 397 g/mol. The molecule has 0 aliphatic carbocycles. The summed E-state index contributed by atoms with van der Waals surface area (Å²) in [6.07, 6.45) is 3.78. The number of aromatic nitrogens is 2. The molecular formula is C23H25F2N3O. The third-order valence-electron chi connectivity index (χ3n) is 5.71. The number of hydrogen-bond acceptors (Lipinski definition) is 3. The number of nitrogens with zero attached hydrogens (tertiary/aromatic N) is 3. The summed E-state index contributed by atoms with van der Waals surface area (Å²) in [4.78, 5) is 2.34. The average Bonchev–Trinajstić information content (AvgIpc) is 3.12. The zero-order chi connectivity index (χ0) is 20.4. The van der Waals surface area contributed by atoms with Crippen LogP contribution in [0.25, 0.3) is 16.9 Å². The molecule has 1 aromatic heterocycles. The van der Waals surface area contributed by atoms with Crippen molar-refractivity contribution in [1.29, 1.82) is 0 Å². The number of aliphatic hydroxyl groups is 1. The largest absolute Gasteiger partial charge is 0.396 e. The molecule has 3 aromatic rings. The third-order valence-corrected chi connectivity index (χ3v) is 5.71. The van der Waals surface area contributed by atoms with Crippen molar-refractivity contribution in [1.82, 2.24) is 14.7 Å². The monoisotopic (exact) mass is 397 g/mol. The summed E-state index contributed by atoms with van der Waals surface area (Å²) >= 11 is 0. The number of likely N-dealkylation sites (tertiary alicyclic amines) is 1. The van der Waals surface area contributed by atoms with Crippen LogP contribution in [0.4, 0.5) is 8.78 Å². The fourth-order valence-electron chi connectivity index (χ4n) is 3.95. The maximum Gasteiger partial charge on any atom is 0.151 e. The lowest BCUT2D eigenvalue weighted by Crippen LogP contribution is -2.34. The highest BCUT2D eigenvalue weighted by Gasteiger charge is 2.22. The molecular weight excluding hydrogens is 372 g/mol. The number of rotatable bonds is 5. The minimum atomic E-state index is -0.640.